The molecule has 0 aromatic heterocycles. The minimum atomic E-state index is -0.0448. The number of benzene rings is 2. The lowest BCUT2D eigenvalue weighted by atomic mass is 9.92. The highest BCUT2D eigenvalue weighted by atomic mass is 16.3. The predicted molar refractivity (Wildman–Crippen MR) is 83.1 cm³/mol. The van der Waals surface area contributed by atoms with E-state index in [1.54, 1.807) is 0 Å². The SMILES string of the molecule is CC=CC(CC)c1ccc(-c2ccccc2)c(O)c1O. The van der Waals surface area contributed by atoms with Crippen molar-refractivity contribution < 1.29 is 10.2 Å². The Hall–Kier alpha value is -2.22. The molecule has 0 saturated carbocycles. The summed E-state index contributed by atoms with van der Waals surface area (Å²) in [6.07, 6.45) is 4.88. The molecule has 0 radical (unpaired) electrons. The summed E-state index contributed by atoms with van der Waals surface area (Å²) in [5.74, 6) is 0.0590. The number of phenolic OH excluding ortho intramolecular Hbond substituents is 2. The summed E-state index contributed by atoms with van der Waals surface area (Å²) in [7, 11) is 0. The van der Waals surface area contributed by atoms with Crippen LogP contribution in [-0.4, -0.2) is 10.2 Å². The van der Waals surface area contributed by atoms with Crippen molar-refractivity contribution in [3.8, 4) is 22.6 Å². The van der Waals surface area contributed by atoms with Crippen molar-refractivity contribution in [1.82, 2.24) is 0 Å². The van der Waals surface area contributed by atoms with Gasteiger partial charge in [-0.1, -0.05) is 61.5 Å². The zero-order valence-electron chi connectivity index (χ0n) is 11.9. The summed E-state index contributed by atoms with van der Waals surface area (Å²) in [4.78, 5) is 0. The van der Waals surface area contributed by atoms with Crippen LogP contribution in [0.4, 0.5) is 0 Å². The van der Waals surface area contributed by atoms with Gasteiger partial charge in [0.15, 0.2) is 11.5 Å². The third-order valence-electron chi connectivity index (χ3n) is 3.53. The van der Waals surface area contributed by atoms with Crippen molar-refractivity contribution in [3.63, 3.8) is 0 Å². The molecular weight excluding hydrogens is 248 g/mol. The van der Waals surface area contributed by atoms with Gasteiger partial charge in [-0.15, -0.1) is 0 Å². The number of hydrogen-bond acceptors (Lipinski definition) is 2. The molecule has 2 heteroatoms. The molecule has 0 spiro atoms. The Labute approximate surface area is 120 Å². The summed E-state index contributed by atoms with van der Waals surface area (Å²) in [5, 5.41) is 20.6. The highest BCUT2D eigenvalue weighted by Crippen LogP contribution is 2.42. The Morgan fingerprint density at radius 1 is 1.00 bits per heavy atom. The third-order valence-corrected chi connectivity index (χ3v) is 3.53. The molecule has 104 valence electrons. The molecule has 2 nitrogen and oxygen atoms in total. The molecule has 0 aliphatic heterocycles. The Balaban J connectivity index is 2.49. The van der Waals surface area contributed by atoms with Crippen LogP contribution in [0.2, 0.25) is 0 Å². The second-order valence-corrected chi connectivity index (χ2v) is 4.81. The molecule has 0 aliphatic rings. The van der Waals surface area contributed by atoms with Gasteiger partial charge in [-0.25, -0.2) is 0 Å². The molecule has 2 aromatic carbocycles. The Morgan fingerprint density at radius 2 is 1.70 bits per heavy atom. The number of allylic oxidation sites excluding steroid dienone is 2. The maximum atomic E-state index is 10.3. The second-order valence-electron chi connectivity index (χ2n) is 4.81. The van der Waals surface area contributed by atoms with E-state index in [2.05, 4.69) is 6.92 Å². The van der Waals surface area contributed by atoms with E-state index in [1.165, 1.54) is 0 Å². The van der Waals surface area contributed by atoms with Crippen LogP contribution in [0.15, 0.2) is 54.6 Å². The lowest BCUT2D eigenvalue weighted by molar-refractivity contribution is 0.399. The highest BCUT2D eigenvalue weighted by molar-refractivity contribution is 5.74. The molecule has 0 fully saturated rings. The first kappa shape index (κ1) is 14.2. The molecule has 0 amide bonds. The largest absolute Gasteiger partial charge is 0.504 e. The van der Waals surface area contributed by atoms with Crippen molar-refractivity contribution in [2.75, 3.05) is 0 Å². The first-order chi connectivity index (χ1) is 9.69. The average molecular weight is 268 g/mol. The van der Waals surface area contributed by atoms with Gasteiger partial charge in [0.05, 0.1) is 0 Å². The number of aromatic hydroxyl groups is 2. The standard InChI is InChI=1S/C18H20O2/c1-3-8-13(4-2)15-11-12-16(18(20)17(15)19)14-9-6-5-7-10-14/h3,5-13,19-20H,4H2,1-2H3. The minimum absolute atomic E-state index is 0.0173. The van der Waals surface area contributed by atoms with Gasteiger partial charge in [-0.2, -0.15) is 0 Å². The molecule has 2 N–H and O–H groups in total. The normalized spacial score (nSPS) is 12.7. The Kier molecular flexibility index (Phi) is 4.46. The van der Waals surface area contributed by atoms with Crippen LogP contribution in [0.25, 0.3) is 11.1 Å². The summed E-state index contributed by atoms with van der Waals surface area (Å²) in [6.45, 7) is 4.02. The fourth-order valence-corrected chi connectivity index (χ4v) is 2.44. The van der Waals surface area contributed by atoms with Gasteiger partial charge in [0.1, 0.15) is 0 Å². The van der Waals surface area contributed by atoms with Gasteiger partial charge < -0.3 is 10.2 Å². The Morgan fingerprint density at radius 3 is 2.30 bits per heavy atom. The van der Waals surface area contributed by atoms with Crippen molar-refractivity contribution in [2.24, 2.45) is 0 Å². The summed E-state index contributed by atoms with van der Waals surface area (Å²) < 4.78 is 0. The van der Waals surface area contributed by atoms with Crippen molar-refractivity contribution in [2.45, 2.75) is 26.2 Å². The summed E-state index contributed by atoms with van der Waals surface area (Å²) in [6, 6.07) is 13.3. The molecule has 0 saturated heterocycles. The van der Waals surface area contributed by atoms with Crippen LogP contribution in [-0.2, 0) is 0 Å². The first-order valence-electron chi connectivity index (χ1n) is 6.92. The molecule has 1 atom stereocenters. The van der Waals surface area contributed by atoms with E-state index in [0.717, 1.165) is 17.5 Å². The highest BCUT2D eigenvalue weighted by Gasteiger charge is 2.17. The quantitative estimate of drug-likeness (QED) is 0.615. The fraction of sp³-hybridized carbons (Fsp3) is 0.222. The van der Waals surface area contributed by atoms with Crippen molar-refractivity contribution in [1.29, 1.82) is 0 Å². The van der Waals surface area contributed by atoms with Crippen LogP contribution in [0.5, 0.6) is 11.5 Å². The summed E-state index contributed by atoms with van der Waals surface area (Å²) in [5.41, 5.74) is 2.32. The van der Waals surface area contributed by atoms with Gasteiger partial charge in [0, 0.05) is 17.0 Å². The lowest BCUT2D eigenvalue weighted by Crippen LogP contribution is -1.95. The predicted octanol–water partition coefficient (Wildman–Crippen LogP) is 4.83. The molecule has 0 aliphatic carbocycles. The van der Waals surface area contributed by atoms with Gasteiger partial charge >= 0.3 is 0 Å². The summed E-state index contributed by atoms with van der Waals surface area (Å²) >= 11 is 0. The van der Waals surface area contributed by atoms with E-state index >= 15 is 0 Å². The average Bonchev–Trinajstić information content (AvgIpc) is 2.49. The maximum absolute atomic E-state index is 10.3. The van der Waals surface area contributed by atoms with E-state index in [0.29, 0.717) is 5.56 Å². The van der Waals surface area contributed by atoms with Crippen LogP contribution < -0.4 is 0 Å². The zero-order valence-corrected chi connectivity index (χ0v) is 11.9. The van der Waals surface area contributed by atoms with E-state index < -0.39 is 0 Å². The zero-order chi connectivity index (χ0) is 14.5. The van der Waals surface area contributed by atoms with E-state index in [4.69, 9.17) is 0 Å². The topological polar surface area (TPSA) is 40.5 Å². The van der Waals surface area contributed by atoms with E-state index in [1.807, 2.05) is 61.5 Å². The van der Waals surface area contributed by atoms with E-state index in [9.17, 15) is 10.2 Å². The third kappa shape index (κ3) is 2.69. The number of hydrogen-bond donors (Lipinski definition) is 2. The smallest absolute Gasteiger partial charge is 0.165 e. The first-order valence-corrected chi connectivity index (χ1v) is 6.92. The molecular formula is C18H20O2. The van der Waals surface area contributed by atoms with Crippen LogP contribution in [0.3, 0.4) is 0 Å². The molecule has 2 rings (SSSR count). The van der Waals surface area contributed by atoms with Crippen LogP contribution in [0.1, 0.15) is 31.7 Å². The number of phenols is 2. The van der Waals surface area contributed by atoms with Crippen LogP contribution >= 0.6 is 0 Å². The Bertz CT molecular complexity index is 600. The molecule has 0 bridgehead atoms. The van der Waals surface area contributed by atoms with Gasteiger partial charge in [-0.3, -0.25) is 0 Å². The lowest BCUT2D eigenvalue weighted by Gasteiger charge is -2.15. The van der Waals surface area contributed by atoms with Gasteiger partial charge in [0.25, 0.3) is 0 Å². The molecule has 1 unspecified atom stereocenters. The molecule has 2 aromatic rings. The van der Waals surface area contributed by atoms with Crippen LogP contribution in [0, 0.1) is 0 Å². The second kappa shape index (κ2) is 6.29. The number of rotatable bonds is 4. The van der Waals surface area contributed by atoms with Gasteiger partial charge in [-0.05, 0) is 18.9 Å². The molecule has 20 heavy (non-hydrogen) atoms. The van der Waals surface area contributed by atoms with Crippen molar-refractivity contribution >= 4 is 0 Å². The van der Waals surface area contributed by atoms with Gasteiger partial charge in [0.2, 0.25) is 0 Å². The molecule has 0 heterocycles. The minimum Gasteiger partial charge on any atom is -0.504 e. The van der Waals surface area contributed by atoms with Crippen molar-refractivity contribution in [3.05, 3.63) is 60.2 Å². The monoisotopic (exact) mass is 268 g/mol. The maximum Gasteiger partial charge on any atom is 0.165 e. The van der Waals surface area contributed by atoms with E-state index in [-0.39, 0.29) is 17.4 Å². The fourth-order valence-electron chi connectivity index (χ4n) is 2.44.